The van der Waals surface area contributed by atoms with Crippen LogP contribution in [0.4, 0.5) is 10.5 Å². The standard InChI is InChI=1S/C15H16N6OS/c1-11-13(23-10-17-11)9-20(2)15(22)19-12-4-5-14(16-8-12)21-7-3-6-18-21/h3-8,10H,9H2,1-2H3,(H,19,22). The number of urea groups is 1. The molecule has 23 heavy (non-hydrogen) atoms. The van der Waals surface area contributed by atoms with Gasteiger partial charge in [0.2, 0.25) is 0 Å². The van der Waals surface area contributed by atoms with Crippen LogP contribution in [-0.2, 0) is 6.54 Å². The molecule has 1 N–H and O–H groups in total. The average molecular weight is 328 g/mol. The minimum Gasteiger partial charge on any atom is -0.322 e. The molecule has 3 aromatic rings. The van der Waals surface area contributed by atoms with Gasteiger partial charge in [-0.2, -0.15) is 5.10 Å². The van der Waals surface area contributed by atoms with Crippen molar-refractivity contribution < 1.29 is 4.79 Å². The lowest BCUT2D eigenvalue weighted by Crippen LogP contribution is -2.30. The smallest absolute Gasteiger partial charge is 0.321 e. The lowest BCUT2D eigenvalue weighted by atomic mass is 10.3. The quantitative estimate of drug-likeness (QED) is 0.799. The maximum atomic E-state index is 12.2. The molecule has 0 saturated carbocycles. The monoisotopic (exact) mass is 328 g/mol. The second kappa shape index (κ2) is 6.57. The number of thiazole rings is 1. The molecule has 2 amide bonds. The first kappa shape index (κ1) is 15.2. The third kappa shape index (κ3) is 3.54. The summed E-state index contributed by atoms with van der Waals surface area (Å²) < 4.78 is 1.66. The number of pyridine rings is 1. The third-order valence-electron chi connectivity index (χ3n) is 3.31. The van der Waals surface area contributed by atoms with E-state index in [2.05, 4.69) is 20.4 Å². The van der Waals surface area contributed by atoms with E-state index >= 15 is 0 Å². The van der Waals surface area contributed by atoms with Gasteiger partial charge in [0.1, 0.15) is 0 Å². The van der Waals surface area contributed by atoms with Gasteiger partial charge in [0.15, 0.2) is 5.82 Å². The zero-order valence-electron chi connectivity index (χ0n) is 12.8. The van der Waals surface area contributed by atoms with E-state index < -0.39 is 0 Å². The van der Waals surface area contributed by atoms with Gasteiger partial charge in [0.25, 0.3) is 0 Å². The highest BCUT2D eigenvalue weighted by Crippen LogP contribution is 2.15. The van der Waals surface area contributed by atoms with E-state index in [0.717, 1.165) is 10.6 Å². The first-order chi connectivity index (χ1) is 11.1. The van der Waals surface area contributed by atoms with Gasteiger partial charge in [-0.3, -0.25) is 0 Å². The predicted molar refractivity (Wildman–Crippen MR) is 88.7 cm³/mol. The summed E-state index contributed by atoms with van der Waals surface area (Å²) in [4.78, 5) is 23.4. The van der Waals surface area contributed by atoms with E-state index in [9.17, 15) is 4.79 Å². The van der Waals surface area contributed by atoms with Crippen LogP contribution >= 0.6 is 11.3 Å². The van der Waals surface area contributed by atoms with Gasteiger partial charge < -0.3 is 10.2 Å². The molecule has 0 spiro atoms. The molecule has 3 heterocycles. The van der Waals surface area contributed by atoms with Gasteiger partial charge in [0.05, 0.1) is 29.6 Å². The maximum Gasteiger partial charge on any atom is 0.321 e. The molecule has 3 rings (SSSR count). The molecule has 8 heteroatoms. The number of aryl methyl sites for hydroxylation is 1. The zero-order chi connectivity index (χ0) is 16.2. The Balaban J connectivity index is 1.62. The largest absolute Gasteiger partial charge is 0.322 e. The number of nitrogens with zero attached hydrogens (tertiary/aromatic N) is 5. The van der Waals surface area contributed by atoms with Crippen molar-refractivity contribution in [2.24, 2.45) is 0 Å². The fourth-order valence-electron chi connectivity index (χ4n) is 1.98. The Kier molecular flexibility index (Phi) is 4.33. The predicted octanol–water partition coefficient (Wildman–Crippen LogP) is 2.70. The summed E-state index contributed by atoms with van der Waals surface area (Å²) in [5, 5.41) is 6.93. The lowest BCUT2D eigenvalue weighted by molar-refractivity contribution is 0.221. The Bertz CT molecular complexity index is 781. The zero-order valence-corrected chi connectivity index (χ0v) is 13.6. The summed E-state index contributed by atoms with van der Waals surface area (Å²) in [6.45, 7) is 2.47. The van der Waals surface area contributed by atoms with Crippen molar-refractivity contribution in [1.82, 2.24) is 24.6 Å². The molecule has 0 aliphatic carbocycles. The summed E-state index contributed by atoms with van der Waals surface area (Å²) in [5.41, 5.74) is 3.38. The number of carbonyl (C=O) groups excluding carboxylic acids is 1. The van der Waals surface area contributed by atoms with Crippen molar-refractivity contribution in [1.29, 1.82) is 0 Å². The van der Waals surface area contributed by atoms with E-state index in [0.29, 0.717) is 18.1 Å². The van der Waals surface area contributed by atoms with Crippen molar-refractivity contribution in [3.63, 3.8) is 0 Å². The summed E-state index contributed by atoms with van der Waals surface area (Å²) in [6.07, 6.45) is 5.11. The first-order valence-electron chi connectivity index (χ1n) is 7.00. The van der Waals surface area contributed by atoms with Crippen molar-refractivity contribution >= 4 is 23.1 Å². The van der Waals surface area contributed by atoms with Gasteiger partial charge >= 0.3 is 6.03 Å². The SMILES string of the molecule is Cc1ncsc1CN(C)C(=O)Nc1ccc(-n2cccn2)nc1. The molecule has 118 valence electrons. The number of hydrogen-bond donors (Lipinski definition) is 1. The molecule has 7 nitrogen and oxygen atoms in total. The molecule has 0 aliphatic heterocycles. The molecule has 3 aromatic heterocycles. The maximum absolute atomic E-state index is 12.2. The molecular formula is C15H16N6OS. The number of hydrogen-bond acceptors (Lipinski definition) is 5. The van der Waals surface area contributed by atoms with Crippen LogP contribution in [0.25, 0.3) is 5.82 Å². The highest BCUT2D eigenvalue weighted by molar-refractivity contribution is 7.09. The van der Waals surface area contributed by atoms with Gasteiger partial charge in [-0.15, -0.1) is 11.3 Å². The van der Waals surface area contributed by atoms with Gasteiger partial charge in [-0.25, -0.2) is 19.4 Å². The minimum atomic E-state index is -0.188. The van der Waals surface area contributed by atoms with E-state index in [-0.39, 0.29) is 6.03 Å². The number of aromatic nitrogens is 4. The molecule has 0 fully saturated rings. The number of anilines is 1. The average Bonchev–Trinajstić information content (AvgIpc) is 3.21. The summed E-state index contributed by atoms with van der Waals surface area (Å²) in [7, 11) is 1.75. The second-order valence-electron chi connectivity index (χ2n) is 5.00. The highest BCUT2D eigenvalue weighted by atomic mass is 32.1. The minimum absolute atomic E-state index is 0.188. The Labute approximate surface area is 137 Å². The van der Waals surface area contributed by atoms with E-state index in [1.54, 1.807) is 58.0 Å². The van der Waals surface area contributed by atoms with Crippen molar-refractivity contribution in [3.8, 4) is 5.82 Å². The molecular weight excluding hydrogens is 312 g/mol. The Hall–Kier alpha value is -2.74. The molecule has 0 bridgehead atoms. The third-order valence-corrected chi connectivity index (χ3v) is 4.23. The molecule has 0 aromatic carbocycles. The Morgan fingerprint density at radius 1 is 1.39 bits per heavy atom. The van der Waals surface area contributed by atoms with Crippen LogP contribution in [0, 0.1) is 6.92 Å². The number of amides is 2. The van der Waals surface area contributed by atoms with Crippen LogP contribution in [0.3, 0.4) is 0 Å². The molecule has 0 saturated heterocycles. The molecule has 0 aliphatic rings. The normalized spacial score (nSPS) is 10.5. The molecule has 0 unspecified atom stereocenters. The topological polar surface area (TPSA) is 75.9 Å². The number of carbonyl (C=O) groups is 1. The summed E-state index contributed by atoms with van der Waals surface area (Å²) in [6, 6.07) is 5.24. The summed E-state index contributed by atoms with van der Waals surface area (Å²) in [5.74, 6) is 0.696. The molecule has 0 atom stereocenters. The fraction of sp³-hybridized carbons (Fsp3) is 0.200. The second-order valence-corrected chi connectivity index (χ2v) is 5.94. The Morgan fingerprint density at radius 3 is 2.87 bits per heavy atom. The first-order valence-corrected chi connectivity index (χ1v) is 7.88. The van der Waals surface area contributed by atoms with E-state index in [1.165, 1.54) is 0 Å². The van der Waals surface area contributed by atoms with Crippen LogP contribution in [-0.4, -0.2) is 37.7 Å². The van der Waals surface area contributed by atoms with Crippen LogP contribution in [0.1, 0.15) is 10.6 Å². The number of rotatable bonds is 4. The van der Waals surface area contributed by atoms with Gasteiger partial charge in [0, 0.05) is 24.3 Å². The fourth-order valence-corrected chi connectivity index (χ4v) is 2.81. The van der Waals surface area contributed by atoms with Gasteiger partial charge in [-0.1, -0.05) is 0 Å². The van der Waals surface area contributed by atoms with Crippen molar-refractivity contribution in [2.75, 3.05) is 12.4 Å². The Morgan fingerprint density at radius 2 is 2.26 bits per heavy atom. The van der Waals surface area contributed by atoms with Crippen LogP contribution in [0.15, 0.2) is 42.3 Å². The van der Waals surface area contributed by atoms with E-state index in [1.807, 2.05) is 19.2 Å². The van der Waals surface area contributed by atoms with Gasteiger partial charge in [-0.05, 0) is 25.1 Å². The number of nitrogens with one attached hydrogen (secondary N) is 1. The van der Waals surface area contributed by atoms with Crippen molar-refractivity contribution in [2.45, 2.75) is 13.5 Å². The lowest BCUT2D eigenvalue weighted by Gasteiger charge is -2.17. The summed E-state index contributed by atoms with van der Waals surface area (Å²) >= 11 is 1.55. The van der Waals surface area contributed by atoms with E-state index in [4.69, 9.17) is 0 Å². The highest BCUT2D eigenvalue weighted by Gasteiger charge is 2.12. The molecule has 0 radical (unpaired) electrons. The van der Waals surface area contributed by atoms with Crippen LogP contribution in [0.2, 0.25) is 0 Å². The van der Waals surface area contributed by atoms with Crippen LogP contribution < -0.4 is 5.32 Å². The van der Waals surface area contributed by atoms with Crippen LogP contribution in [0.5, 0.6) is 0 Å². The van der Waals surface area contributed by atoms with Crippen molar-refractivity contribution in [3.05, 3.63) is 52.9 Å².